The summed E-state index contributed by atoms with van der Waals surface area (Å²) in [6.07, 6.45) is 3.68. The lowest BCUT2D eigenvalue weighted by molar-refractivity contribution is 0.0476. The van der Waals surface area contributed by atoms with Gasteiger partial charge in [0.2, 0.25) is 0 Å². The zero-order valence-corrected chi connectivity index (χ0v) is 10.7. The second-order valence-corrected chi connectivity index (χ2v) is 5.30. The third-order valence-corrected chi connectivity index (χ3v) is 4.14. The number of aliphatic hydroxyl groups is 1. The Kier molecular flexibility index (Phi) is 2.69. The van der Waals surface area contributed by atoms with Gasteiger partial charge in [0.05, 0.1) is 4.60 Å². The maximum Gasteiger partial charge on any atom is 0.104 e. The van der Waals surface area contributed by atoms with Crippen LogP contribution in [0, 0.1) is 0 Å². The van der Waals surface area contributed by atoms with Gasteiger partial charge in [0.25, 0.3) is 0 Å². The molecule has 3 nitrogen and oxygen atoms in total. The average molecular weight is 273 g/mol. The second kappa shape index (κ2) is 3.61. The molecule has 0 fully saturated rings. The fraction of sp³-hybridized carbons (Fsp3) is 0.636. The van der Waals surface area contributed by atoms with Crippen LogP contribution in [0.1, 0.15) is 37.4 Å². The van der Waals surface area contributed by atoms with E-state index in [0.29, 0.717) is 12.6 Å². The van der Waals surface area contributed by atoms with Crippen molar-refractivity contribution in [3.63, 3.8) is 0 Å². The largest absolute Gasteiger partial charge is 0.384 e. The molecule has 1 unspecified atom stereocenters. The molecule has 2 rings (SSSR count). The quantitative estimate of drug-likeness (QED) is 0.865. The van der Waals surface area contributed by atoms with Gasteiger partial charge in [-0.05, 0) is 48.2 Å². The molecule has 0 amide bonds. The third-order valence-electron chi connectivity index (χ3n) is 3.25. The first kappa shape index (κ1) is 11.2. The highest BCUT2D eigenvalue weighted by atomic mass is 79.9. The van der Waals surface area contributed by atoms with Crippen molar-refractivity contribution in [2.75, 3.05) is 6.54 Å². The molecule has 0 bridgehead atoms. The van der Waals surface area contributed by atoms with Gasteiger partial charge in [-0.3, -0.25) is 0 Å². The topological polar surface area (TPSA) is 51.2 Å². The molecule has 1 aromatic heterocycles. The fourth-order valence-electron chi connectivity index (χ4n) is 2.23. The number of halogens is 1. The van der Waals surface area contributed by atoms with Crippen molar-refractivity contribution in [1.82, 2.24) is 4.57 Å². The molecule has 1 atom stereocenters. The van der Waals surface area contributed by atoms with Crippen molar-refractivity contribution in [3.05, 3.63) is 21.9 Å². The molecule has 1 aliphatic rings. The van der Waals surface area contributed by atoms with Crippen LogP contribution < -0.4 is 5.73 Å². The van der Waals surface area contributed by atoms with Crippen LogP contribution in [-0.2, 0) is 12.0 Å². The smallest absolute Gasteiger partial charge is 0.104 e. The standard InChI is InChI=1S/C11H17BrN2O/c1-7(2)14-5-9-8(10(14)12)3-4-11(9,15)6-13/h5,7,15H,3-4,6,13H2,1-2H3. The van der Waals surface area contributed by atoms with Crippen LogP contribution in [0.4, 0.5) is 0 Å². The van der Waals surface area contributed by atoms with E-state index in [-0.39, 0.29) is 0 Å². The van der Waals surface area contributed by atoms with E-state index in [4.69, 9.17) is 5.73 Å². The number of hydrogen-bond donors (Lipinski definition) is 2. The van der Waals surface area contributed by atoms with Crippen LogP contribution in [0.25, 0.3) is 0 Å². The first-order valence-corrected chi connectivity index (χ1v) is 6.11. The highest BCUT2D eigenvalue weighted by Crippen LogP contribution is 2.41. The molecule has 0 saturated carbocycles. The van der Waals surface area contributed by atoms with E-state index in [1.807, 2.05) is 6.20 Å². The molecule has 3 N–H and O–H groups in total. The minimum atomic E-state index is -0.808. The van der Waals surface area contributed by atoms with E-state index in [0.717, 1.165) is 23.0 Å². The first-order valence-electron chi connectivity index (χ1n) is 5.31. The SMILES string of the molecule is CC(C)n1cc2c(c1Br)CCC2(O)CN. The molecule has 0 aliphatic heterocycles. The van der Waals surface area contributed by atoms with Gasteiger partial charge in [0, 0.05) is 24.3 Å². The summed E-state index contributed by atoms with van der Waals surface area (Å²) in [5.41, 5.74) is 7.06. The predicted octanol–water partition coefficient (Wildman–Crippen LogP) is 1.92. The monoisotopic (exact) mass is 272 g/mol. The molecule has 84 valence electrons. The number of rotatable bonds is 2. The molecule has 0 radical (unpaired) electrons. The summed E-state index contributed by atoms with van der Waals surface area (Å²) in [6.45, 7) is 4.55. The number of fused-ring (bicyclic) bond motifs is 1. The third kappa shape index (κ3) is 1.55. The molecule has 15 heavy (non-hydrogen) atoms. The van der Waals surface area contributed by atoms with Gasteiger partial charge in [-0.25, -0.2) is 0 Å². The molecule has 0 saturated heterocycles. The molecule has 4 heteroatoms. The zero-order valence-electron chi connectivity index (χ0n) is 9.13. The summed E-state index contributed by atoms with van der Waals surface area (Å²) in [5, 5.41) is 10.3. The Labute approximate surface area is 98.4 Å². The summed E-state index contributed by atoms with van der Waals surface area (Å²) < 4.78 is 3.24. The van der Waals surface area contributed by atoms with Gasteiger partial charge in [0.15, 0.2) is 0 Å². The van der Waals surface area contributed by atoms with Gasteiger partial charge in [0.1, 0.15) is 5.60 Å². The molecule has 0 aromatic carbocycles. The fourth-order valence-corrected chi connectivity index (χ4v) is 3.16. The van der Waals surface area contributed by atoms with Gasteiger partial charge in [-0.15, -0.1) is 0 Å². The molecular weight excluding hydrogens is 256 g/mol. The highest BCUT2D eigenvalue weighted by Gasteiger charge is 2.38. The summed E-state index contributed by atoms with van der Waals surface area (Å²) >= 11 is 3.59. The van der Waals surface area contributed by atoms with Crippen molar-refractivity contribution in [1.29, 1.82) is 0 Å². The van der Waals surface area contributed by atoms with E-state index in [9.17, 15) is 5.11 Å². The van der Waals surface area contributed by atoms with Crippen molar-refractivity contribution >= 4 is 15.9 Å². The molecule has 0 spiro atoms. The average Bonchev–Trinajstić information content (AvgIpc) is 2.68. The number of nitrogens with two attached hydrogens (primary N) is 1. The van der Waals surface area contributed by atoms with Crippen molar-refractivity contribution in [2.45, 2.75) is 38.3 Å². The minimum absolute atomic E-state index is 0.300. The second-order valence-electron chi connectivity index (χ2n) is 4.55. The Balaban J connectivity index is 2.51. The number of aromatic nitrogens is 1. The van der Waals surface area contributed by atoms with E-state index >= 15 is 0 Å². The van der Waals surface area contributed by atoms with E-state index in [1.165, 1.54) is 5.56 Å². The van der Waals surface area contributed by atoms with Crippen LogP contribution in [0.3, 0.4) is 0 Å². The van der Waals surface area contributed by atoms with Crippen molar-refractivity contribution < 1.29 is 5.11 Å². The van der Waals surface area contributed by atoms with E-state index in [1.54, 1.807) is 0 Å². The summed E-state index contributed by atoms with van der Waals surface area (Å²) in [7, 11) is 0. The number of hydrogen-bond acceptors (Lipinski definition) is 2. The van der Waals surface area contributed by atoms with Gasteiger partial charge < -0.3 is 15.4 Å². The Morgan fingerprint density at radius 3 is 2.87 bits per heavy atom. The maximum absolute atomic E-state index is 10.3. The van der Waals surface area contributed by atoms with Crippen molar-refractivity contribution in [2.24, 2.45) is 5.73 Å². The van der Waals surface area contributed by atoms with Gasteiger partial charge in [-0.2, -0.15) is 0 Å². The van der Waals surface area contributed by atoms with E-state index in [2.05, 4.69) is 34.3 Å². The Morgan fingerprint density at radius 2 is 2.33 bits per heavy atom. The lowest BCUT2D eigenvalue weighted by Crippen LogP contribution is -2.32. The van der Waals surface area contributed by atoms with E-state index < -0.39 is 5.60 Å². The lowest BCUT2D eigenvalue weighted by atomic mass is 9.99. The Bertz CT molecular complexity index is 386. The lowest BCUT2D eigenvalue weighted by Gasteiger charge is -2.20. The van der Waals surface area contributed by atoms with Crippen LogP contribution in [0.15, 0.2) is 10.8 Å². The van der Waals surface area contributed by atoms with Gasteiger partial charge >= 0.3 is 0 Å². The van der Waals surface area contributed by atoms with Crippen LogP contribution in [-0.4, -0.2) is 16.2 Å². The normalized spacial score (nSPS) is 24.9. The zero-order chi connectivity index (χ0) is 11.2. The van der Waals surface area contributed by atoms with Crippen LogP contribution >= 0.6 is 15.9 Å². The Hall–Kier alpha value is -0.320. The van der Waals surface area contributed by atoms with Gasteiger partial charge in [-0.1, -0.05) is 0 Å². The molecule has 1 aliphatic carbocycles. The first-order chi connectivity index (χ1) is 6.99. The summed E-state index contributed by atoms with van der Waals surface area (Å²) in [4.78, 5) is 0. The minimum Gasteiger partial charge on any atom is -0.384 e. The highest BCUT2D eigenvalue weighted by molar-refractivity contribution is 9.10. The van der Waals surface area contributed by atoms with Crippen molar-refractivity contribution in [3.8, 4) is 0 Å². The summed E-state index contributed by atoms with van der Waals surface area (Å²) in [5.74, 6) is 0. The maximum atomic E-state index is 10.3. The molecule has 1 aromatic rings. The predicted molar refractivity (Wildman–Crippen MR) is 63.8 cm³/mol. The van der Waals surface area contributed by atoms with Crippen LogP contribution in [0.5, 0.6) is 0 Å². The van der Waals surface area contributed by atoms with Crippen LogP contribution in [0.2, 0.25) is 0 Å². The Morgan fingerprint density at radius 1 is 1.67 bits per heavy atom. The molecular formula is C11H17BrN2O. The number of nitrogens with zero attached hydrogens (tertiary/aromatic N) is 1. The summed E-state index contributed by atoms with van der Waals surface area (Å²) in [6, 6.07) is 0.395. The molecule has 1 heterocycles.